The van der Waals surface area contributed by atoms with Gasteiger partial charge in [0.2, 0.25) is 0 Å². The van der Waals surface area contributed by atoms with Gasteiger partial charge in [-0.25, -0.2) is 9.97 Å². The SMILES string of the molecule is Cc1cc(CN2CCc3nc(-c4ccccc4)ncc3C2)nn1C. The lowest BCUT2D eigenvalue weighted by molar-refractivity contribution is 0.239. The van der Waals surface area contributed by atoms with Gasteiger partial charge in [0.05, 0.1) is 11.4 Å². The number of rotatable bonds is 3. The van der Waals surface area contributed by atoms with Gasteiger partial charge in [-0.05, 0) is 13.0 Å². The maximum absolute atomic E-state index is 4.79. The summed E-state index contributed by atoms with van der Waals surface area (Å²) in [6.45, 7) is 4.86. The second-order valence-corrected chi connectivity index (χ2v) is 6.39. The van der Waals surface area contributed by atoms with Crippen LogP contribution in [0.5, 0.6) is 0 Å². The Morgan fingerprint density at radius 1 is 1.17 bits per heavy atom. The third kappa shape index (κ3) is 2.95. The summed E-state index contributed by atoms with van der Waals surface area (Å²) >= 11 is 0. The van der Waals surface area contributed by atoms with E-state index in [2.05, 4.69) is 40.1 Å². The molecule has 3 aromatic rings. The maximum Gasteiger partial charge on any atom is 0.159 e. The largest absolute Gasteiger partial charge is 0.293 e. The summed E-state index contributed by atoms with van der Waals surface area (Å²) in [5.41, 5.74) is 5.80. The van der Waals surface area contributed by atoms with Crippen molar-refractivity contribution in [3.8, 4) is 11.4 Å². The van der Waals surface area contributed by atoms with Crippen LogP contribution in [0.15, 0.2) is 42.6 Å². The lowest BCUT2D eigenvalue weighted by Crippen LogP contribution is -2.31. The van der Waals surface area contributed by atoms with Crippen LogP contribution in [-0.2, 0) is 26.6 Å². The van der Waals surface area contributed by atoms with Gasteiger partial charge in [-0.2, -0.15) is 5.10 Å². The predicted molar refractivity (Wildman–Crippen MR) is 93.2 cm³/mol. The Balaban J connectivity index is 1.51. The van der Waals surface area contributed by atoms with Crippen molar-refractivity contribution in [2.45, 2.75) is 26.4 Å². The Bertz CT molecular complexity index is 834. The molecule has 0 atom stereocenters. The highest BCUT2D eigenvalue weighted by Gasteiger charge is 2.19. The number of nitrogens with zero attached hydrogens (tertiary/aromatic N) is 5. The molecule has 0 radical (unpaired) electrons. The predicted octanol–water partition coefficient (Wildman–Crippen LogP) is 2.74. The average Bonchev–Trinajstić information content (AvgIpc) is 2.92. The van der Waals surface area contributed by atoms with E-state index in [-0.39, 0.29) is 0 Å². The molecule has 5 nitrogen and oxygen atoms in total. The van der Waals surface area contributed by atoms with Gasteiger partial charge in [0, 0.05) is 56.1 Å². The minimum atomic E-state index is 0.822. The van der Waals surface area contributed by atoms with Crippen LogP contribution >= 0.6 is 0 Å². The standard InChI is InChI=1S/C19H21N5/c1-14-10-17(22-23(14)2)13-24-9-8-18-16(12-24)11-20-19(21-18)15-6-4-3-5-7-15/h3-7,10-11H,8-9,12-13H2,1-2H3. The van der Waals surface area contributed by atoms with Crippen LogP contribution in [0.3, 0.4) is 0 Å². The van der Waals surface area contributed by atoms with Crippen LogP contribution < -0.4 is 0 Å². The Kier molecular flexibility index (Phi) is 3.86. The number of benzene rings is 1. The molecule has 0 bridgehead atoms. The summed E-state index contributed by atoms with van der Waals surface area (Å²) in [6, 6.07) is 12.3. The molecule has 0 spiro atoms. The number of aryl methyl sites for hydroxylation is 2. The molecular weight excluding hydrogens is 298 g/mol. The molecule has 0 aliphatic carbocycles. The van der Waals surface area contributed by atoms with E-state index in [1.54, 1.807) is 0 Å². The lowest BCUT2D eigenvalue weighted by atomic mass is 10.1. The Labute approximate surface area is 142 Å². The van der Waals surface area contributed by atoms with E-state index < -0.39 is 0 Å². The molecule has 0 fully saturated rings. The molecule has 1 aromatic carbocycles. The quantitative estimate of drug-likeness (QED) is 0.745. The third-order valence-corrected chi connectivity index (χ3v) is 4.59. The normalized spacial score (nSPS) is 14.6. The molecule has 4 rings (SSSR count). The van der Waals surface area contributed by atoms with Crippen LogP contribution in [0, 0.1) is 6.92 Å². The van der Waals surface area contributed by atoms with Gasteiger partial charge in [-0.3, -0.25) is 9.58 Å². The van der Waals surface area contributed by atoms with Crippen LogP contribution in [0.1, 0.15) is 22.6 Å². The molecular formula is C19H21N5. The van der Waals surface area contributed by atoms with Crippen molar-refractivity contribution in [2.75, 3.05) is 6.54 Å². The average molecular weight is 319 g/mol. The number of hydrogen-bond acceptors (Lipinski definition) is 4. The minimum absolute atomic E-state index is 0.822. The first kappa shape index (κ1) is 15.0. The van der Waals surface area contributed by atoms with Gasteiger partial charge in [0.15, 0.2) is 5.82 Å². The zero-order chi connectivity index (χ0) is 16.5. The molecule has 0 amide bonds. The van der Waals surface area contributed by atoms with Crippen molar-refractivity contribution >= 4 is 0 Å². The summed E-state index contributed by atoms with van der Waals surface area (Å²) in [6.07, 6.45) is 2.95. The Morgan fingerprint density at radius 2 is 2.00 bits per heavy atom. The first-order valence-electron chi connectivity index (χ1n) is 8.31. The van der Waals surface area contributed by atoms with Gasteiger partial charge in [-0.1, -0.05) is 30.3 Å². The van der Waals surface area contributed by atoms with E-state index in [1.807, 2.05) is 36.1 Å². The number of aromatic nitrogens is 4. The van der Waals surface area contributed by atoms with E-state index >= 15 is 0 Å². The van der Waals surface area contributed by atoms with Crippen LogP contribution in [-0.4, -0.2) is 31.2 Å². The van der Waals surface area contributed by atoms with Crippen molar-refractivity contribution in [3.63, 3.8) is 0 Å². The van der Waals surface area contributed by atoms with Crippen LogP contribution in [0.4, 0.5) is 0 Å². The zero-order valence-electron chi connectivity index (χ0n) is 14.1. The molecule has 0 unspecified atom stereocenters. The first-order valence-corrected chi connectivity index (χ1v) is 8.31. The fourth-order valence-corrected chi connectivity index (χ4v) is 3.18. The van der Waals surface area contributed by atoms with Crippen LogP contribution in [0.2, 0.25) is 0 Å². The smallest absolute Gasteiger partial charge is 0.159 e. The molecule has 5 heteroatoms. The van der Waals surface area contributed by atoms with E-state index in [0.29, 0.717) is 0 Å². The molecule has 122 valence electrons. The van der Waals surface area contributed by atoms with Gasteiger partial charge in [0.1, 0.15) is 0 Å². The van der Waals surface area contributed by atoms with Gasteiger partial charge >= 0.3 is 0 Å². The zero-order valence-corrected chi connectivity index (χ0v) is 14.1. The van der Waals surface area contributed by atoms with Crippen molar-refractivity contribution < 1.29 is 0 Å². The Hall–Kier alpha value is -2.53. The van der Waals surface area contributed by atoms with Crippen molar-refractivity contribution in [1.29, 1.82) is 0 Å². The van der Waals surface area contributed by atoms with Gasteiger partial charge in [0.25, 0.3) is 0 Å². The van der Waals surface area contributed by atoms with Gasteiger partial charge in [-0.15, -0.1) is 0 Å². The monoisotopic (exact) mass is 319 g/mol. The lowest BCUT2D eigenvalue weighted by Gasteiger charge is -2.27. The van der Waals surface area contributed by atoms with Crippen LogP contribution in [0.25, 0.3) is 11.4 Å². The fourth-order valence-electron chi connectivity index (χ4n) is 3.18. The van der Waals surface area contributed by atoms with E-state index in [9.17, 15) is 0 Å². The molecule has 0 saturated carbocycles. The van der Waals surface area contributed by atoms with Crippen molar-refractivity contribution in [3.05, 3.63) is 65.2 Å². The number of hydrogen-bond donors (Lipinski definition) is 0. The second-order valence-electron chi connectivity index (χ2n) is 6.39. The molecule has 3 heterocycles. The van der Waals surface area contributed by atoms with Crippen molar-refractivity contribution in [2.24, 2.45) is 7.05 Å². The summed E-state index contributed by atoms with van der Waals surface area (Å²) in [7, 11) is 1.99. The Morgan fingerprint density at radius 3 is 2.75 bits per heavy atom. The highest BCUT2D eigenvalue weighted by atomic mass is 15.3. The van der Waals surface area contributed by atoms with E-state index in [4.69, 9.17) is 4.98 Å². The first-order chi connectivity index (χ1) is 11.7. The second kappa shape index (κ2) is 6.17. The highest BCUT2D eigenvalue weighted by Crippen LogP contribution is 2.21. The molecule has 1 aliphatic rings. The molecule has 0 N–H and O–H groups in total. The summed E-state index contributed by atoms with van der Waals surface area (Å²) < 4.78 is 1.93. The highest BCUT2D eigenvalue weighted by molar-refractivity contribution is 5.54. The summed E-state index contributed by atoms with van der Waals surface area (Å²) in [4.78, 5) is 11.8. The molecule has 0 saturated heterocycles. The van der Waals surface area contributed by atoms with E-state index in [0.717, 1.165) is 43.1 Å². The number of fused-ring (bicyclic) bond motifs is 1. The third-order valence-electron chi connectivity index (χ3n) is 4.59. The molecule has 1 aliphatic heterocycles. The van der Waals surface area contributed by atoms with Crippen molar-refractivity contribution in [1.82, 2.24) is 24.6 Å². The fraction of sp³-hybridized carbons (Fsp3) is 0.316. The molecule has 2 aromatic heterocycles. The maximum atomic E-state index is 4.79. The van der Waals surface area contributed by atoms with E-state index in [1.165, 1.54) is 17.0 Å². The minimum Gasteiger partial charge on any atom is -0.293 e. The molecule has 24 heavy (non-hydrogen) atoms. The van der Waals surface area contributed by atoms with Gasteiger partial charge < -0.3 is 0 Å². The summed E-state index contributed by atoms with van der Waals surface area (Å²) in [5.74, 6) is 0.822. The summed E-state index contributed by atoms with van der Waals surface area (Å²) in [5, 5.41) is 4.56. The topological polar surface area (TPSA) is 46.8 Å².